The second-order valence-electron chi connectivity index (χ2n) is 3.19. The standard InChI is InChI=1S/C9H11NO5S/c10-7(9(12)13)3-5-1-2-6(11)4-8(5)16(14)15/h1-2,4,7,11H,3,10H2,(H,12,13)(H,14,15)/t7-/m0/s1. The first-order valence-electron chi connectivity index (χ1n) is 4.33. The zero-order chi connectivity index (χ0) is 12.3. The number of hydrogen-bond donors (Lipinski definition) is 4. The maximum atomic E-state index is 10.9. The average molecular weight is 245 g/mol. The summed E-state index contributed by atoms with van der Waals surface area (Å²) in [5.41, 5.74) is 5.64. The van der Waals surface area contributed by atoms with Gasteiger partial charge in [0.1, 0.15) is 11.8 Å². The predicted molar refractivity (Wildman–Crippen MR) is 56.5 cm³/mol. The van der Waals surface area contributed by atoms with E-state index in [4.69, 9.17) is 20.5 Å². The molecule has 1 rings (SSSR count). The summed E-state index contributed by atoms with van der Waals surface area (Å²) < 4.78 is 19.9. The van der Waals surface area contributed by atoms with E-state index in [0.29, 0.717) is 5.56 Å². The van der Waals surface area contributed by atoms with E-state index in [-0.39, 0.29) is 17.1 Å². The van der Waals surface area contributed by atoms with Crippen molar-refractivity contribution < 1.29 is 23.8 Å². The molecular weight excluding hydrogens is 234 g/mol. The fourth-order valence-corrected chi connectivity index (χ4v) is 1.80. The van der Waals surface area contributed by atoms with Crippen LogP contribution in [0.1, 0.15) is 5.56 Å². The van der Waals surface area contributed by atoms with Gasteiger partial charge < -0.3 is 20.5 Å². The van der Waals surface area contributed by atoms with Crippen LogP contribution in [0.2, 0.25) is 0 Å². The molecule has 1 unspecified atom stereocenters. The third kappa shape index (κ3) is 3.02. The Morgan fingerprint density at radius 3 is 2.62 bits per heavy atom. The van der Waals surface area contributed by atoms with Gasteiger partial charge in [0, 0.05) is 0 Å². The molecule has 2 atom stereocenters. The van der Waals surface area contributed by atoms with Crippen molar-refractivity contribution in [3.05, 3.63) is 23.8 Å². The molecule has 0 saturated carbocycles. The number of carbonyl (C=O) groups is 1. The van der Waals surface area contributed by atoms with Crippen molar-refractivity contribution >= 4 is 17.0 Å². The highest BCUT2D eigenvalue weighted by molar-refractivity contribution is 7.79. The molecule has 0 bridgehead atoms. The monoisotopic (exact) mass is 245 g/mol. The van der Waals surface area contributed by atoms with Gasteiger partial charge in [-0.2, -0.15) is 0 Å². The van der Waals surface area contributed by atoms with Crippen LogP contribution in [0.4, 0.5) is 0 Å². The Bertz CT molecular complexity index is 434. The predicted octanol–water partition coefficient (Wildman–Crippen LogP) is -0.0728. The minimum Gasteiger partial charge on any atom is -0.508 e. The Labute approximate surface area is 94.0 Å². The van der Waals surface area contributed by atoms with E-state index in [0.717, 1.165) is 6.07 Å². The lowest BCUT2D eigenvalue weighted by molar-refractivity contribution is -0.138. The second-order valence-corrected chi connectivity index (χ2v) is 4.13. The topological polar surface area (TPSA) is 121 Å². The largest absolute Gasteiger partial charge is 0.508 e. The number of phenolic OH excluding ortho intramolecular Hbond substituents is 1. The van der Waals surface area contributed by atoms with Gasteiger partial charge in [-0.15, -0.1) is 0 Å². The molecule has 0 aliphatic rings. The number of phenols is 1. The van der Waals surface area contributed by atoms with Crippen LogP contribution in [0.25, 0.3) is 0 Å². The van der Waals surface area contributed by atoms with Crippen molar-refractivity contribution in [2.45, 2.75) is 17.4 Å². The van der Waals surface area contributed by atoms with E-state index in [1.807, 2.05) is 0 Å². The number of carboxylic acid groups (broad SMARTS) is 1. The zero-order valence-corrected chi connectivity index (χ0v) is 8.98. The van der Waals surface area contributed by atoms with Crippen molar-refractivity contribution in [3.8, 4) is 5.75 Å². The van der Waals surface area contributed by atoms with Gasteiger partial charge in [0.05, 0.1) is 4.90 Å². The number of nitrogens with two attached hydrogens (primary N) is 1. The highest BCUT2D eigenvalue weighted by atomic mass is 32.2. The van der Waals surface area contributed by atoms with Crippen LogP contribution in [0, 0.1) is 0 Å². The van der Waals surface area contributed by atoms with Crippen LogP contribution >= 0.6 is 0 Å². The lowest BCUT2D eigenvalue weighted by Crippen LogP contribution is -2.32. The number of hydrogen-bond acceptors (Lipinski definition) is 4. The van der Waals surface area contributed by atoms with Crippen LogP contribution in [-0.2, 0) is 22.3 Å². The third-order valence-corrected chi connectivity index (χ3v) is 2.75. The van der Waals surface area contributed by atoms with Crippen molar-refractivity contribution in [1.29, 1.82) is 0 Å². The number of aromatic hydroxyl groups is 1. The number of benzene rings is 1. The summed E-state index contributed by atoms with van der Waals surface area (Å²) in [6.07, 6.45) is -0.0722. The van der Waals surface area contributed by atoms with Crippen LogP contribution in [0.15, 0.2) is 23.1 Å². The van der Waals surface area contributed by atoms with E-state index in [9.17, 15) is 9.00 Å². The number of aliphatic carboxylic acids is 1. The molecule has 16 heavy (non-hydrogen) atoms. The molecule has 6 nitrogen and oxygen atoms in total. The summed E-state index contributed by atoms with van der Waals surface area (Å²) in [7, 11) is 0. The first-order chi connectivity index (χ1) is 7.41. The fourth-order valence-electron chi connectivity index (χ4n) is 1.20. The molecule has 0 fully saturated rings. The van der Waals surface area contributed by atoms with E-state index < -0.39 is 23.1 Å². The van der Waals surface area contributed by atoms with Crippen LogP contribution in [-0.4, -0.2) is 31.0 Å². The van der Waals surface area contributed by atoms with Gasteiger partial charge in [-0.1, -0.05) is 6.07 Å². The summed E-state index contributed by atoms with van der Waals surface area (Å²) in [6.45, 7) is 0. The molecule has 0 amide bonds. The van der Waals surface area contributed by atoms with E-state index in [1.54, 1.807) is 0 Å². The Hall–Kier alpha value is -1.44. The maximum Gasteiger partial charge on any atom is 0.320 e. The maximum absolute atomic E-state index is 10.9. The zero-order valence-electron chi connectivity index (χ0n) is 8.16. The Morgan fingerprint density at radius 2 is 2.12 bits per heavy atom. The molecule has 5 N–H and O–H groups in total. The minimum absolute atomic E-state index is 0.0308. The summed E-state index contributed by atoms with van der Waals surface area (Å²) in [5, 5.41) is 17.8. The quantitative estimate of drug-likeness (QED) is 0.551. The van der Waals surface area contributed by atoms with E-state index >= 15 is 0 Å². The molecular formula is C9H11NO5S. The van der Waals surface area contributed by atoms with Gasteiger partial charge in [-0.05, 0) is 24.1 Å². The van der Waals surface area contributed by atoms with Gasteiger partial charge in [0.15, 0.2) is 11.1 Å². The van der Waals surface area contributed by atoms with Gasteiger partial charge in [-0.3, -0.25) is 4.79 Å². The third-order valence-electron chi connectivity index (χ3n) is 2.00. The van der Waals surface area contributed by atoms with E-state index in [1.165, 1.54) is 12.1 Å². The molecule has 1 aromatic carbocycles. The lowest BCUT2D eigenvalue weighted by atomic mass is 10.1. The number of rotatable bonds is 4. The Morgan fingerprint density at radius 1 is 1.50 bits per heavy atom. The molecule has 88 valence electrons. The molecule has 0 radical (unpaired) electrons. The first kappa shape index (κ1) is 12.6. The van der Waals surface area contributed by atoms with Gasteiger partial charge in [0.2, 0.25) is 0 Å². The van der Waals surface area contributed by atoms with Crippen molar-refractivity contribution in [3.63, 3.8) is 0 Å². The van der Waals surface area contributed by atoms with Crippen LogP contribution in [0.5, 0.6) is 5.75 Å². The lowest BCUT2D eigenvalue weighted by Gasteiger charge is -2.09. The number of carboxylic acids is 1. The minimum atomic E-state index is -2.29. The normalized spacial score (nSPS) is 14.4. The second kappa shape index (κ2) is 5.06. The van der Waals surface area contributed by atoms with Crippen LogP contribution < -0.4 is 5.73 Å². The fraction of sp³-hybridized carbons (Fsp3) is 0.222. The molecule has 0 aliphatic heterocycles. The highest BCUT2D eigenvalue weighted by Gasteiger charge is 2.16. The van der Waals surface area contributed by atoms with E-state index in [2.05, 4.69) is 0 Å². The van der Waals surface area contributed by atoms with Crippen molar-refractivity contribution in [2.75, 3.05) is 0 Å². The molecule has 1 aromatic rings. The summed E-state index contributed by atoms with van der Waals surface area (Å²) in [4.78, 5) is 10.5. The molecule has 0 saturated heterocycles. The van der Waals surface area contributed by atoms with Crippen molar-refractivity contribution in [1.82, 2.24) is 0 Å². The SMILES string of the molecule is N[C@@H](Cc1ccc(O)cc1S(=O)O)C(=O)O. The van der Waals surface area contributed by atoms with Gasteiger partial charge in [-0.25, -0.2) is 4.21 Å². The Kier molecular flexibility index (Phi) is 3.99. The summed E-state index contributed by atoms with van der Waals surface area (Å²) >= 11 is -2.29. The molecule has 0 aliphatic carbocycles. The molecule has 7 heteroatoms. The Balaban J connectivity index is 3.04. The molecule has 0 heterocycles. The smallest absolute Gasteiger partial charge is 0.320 e. The first-order valence-corrected chi connectivity index (χ1v) is 5.43. The van der Waals surface area contributed by atoms with Gasteiger partial charge in [0.25, 0.3) is 0 Å². The molecule has 0 spiro atoms. The summed E-state index contributed by atoms with van der Waals surface area (Å²) in [6, 6.07) is 2.65. The van der Waals surface area contributed by atoms with Crippen molar-refractivity contribution in [2.24, 2.45) is 5.73 Å². The average Bonchev–Trinajstić information content (AvgIpc) is 2.20. The molecule has 0 aromatic heterocycles. The van der Waals surface area contributed by atoms with Crippen LogP contribution in [0.3, 0.4) is 0 Å². The van der Waals surface area contributed by atoms with Gasteiger partial charge >= 0.3 is 5.97 Å². The highest BCUT2D eigenvalue weighted by Crippen LogP contribution is 2.20. The summed E-state index contributed by atoms with van der Waals surface area (Å²) in [5.74, 6) is -1.35.